The van der Waals surface area contributed by atoms with Gasteiger partial charge in [-0.1, -0.05) is 48.9 Å². The van der Waals surface area contributed by atoms with Gasteiger partial charge in [0, 0.05) is 44.5 Å². The van der Waals surface area contributed by atoms with Crippen LogP contribution in [-0.4, -0.2) is 67.3 Å². The average molecular weight is 479 g/mol. The molecule has 2 fully saturated rings. The Hall–Kier alpha value is -2.37. The lowest BCUT2D eigenvalue weighted by Gasteiger charge is -2.56. The van der Waals surface area contributed by atoms with Crippen molar-refractivity contribution in [2.45, 2.75) is 68.9 Å². The Bertz CT molecular complexity index is 965. The van der Waals surface area contributed by atoms with E-state index in [0.29, 0.717) is 18.1 Å². The summed E-state index contributed by atoms with van der Waals surface area (Å²) in [6.07, 6.45) is 7.68. The molecule has 1 amide bonds. The summed E-state index contributed by atoms with van der Waals surface area (Å²) in [7, 11) is 5.97. The molecule has 0 aromatic heterocycles. The number of hydrogen-bond donors (Lipinski definition) is 1. The van der Waals surface area contributed by atoms with Crippen LogP contribution < -0.4 is 0 Å². The number of hydrogen-bond acceptors (Lipinski definition) is 4. The quantitative estimate of drug-likeness (QED) is 0.514. The fourth-order valence-corrected chi connectivity index (χ4v) is 6.49. The van der Waals surface area contributed by atoms with Crippen molar-refractivity contribution in [3.8, 4) is 5.75 Å². The summed E-state index contributed by atoms with van der Waals surface area (Å²) >= 11 is 0. The summed E-state index contributed by atoms with van der Waals surface area (Å²) in [5, 5.41) is 10.3. The van der Waals surface area contributed by atoms with Gasteiger partial charge in [0.2, 0.25) is 5.91 Å². The van der Waals surface area contributed by atoms with E-state index >= 15 is 0 Å². The van der Waals surface area contributed by atoms with E-state index in [9.17, 15) is 9.90 Å². The molecule has 5 nitrogen and oxygen atoms in total. The van der Waals surface area contributed by atoms with Gasteiger partial charge < -0.3 is 19.6 Å². The molecular weight excluding hydrogens is 436 g/mol. The van der Waals surface area contributed by atoms with Gasteiger partial charge in [-0.05, 0) is 75.4 Å². The molecule has 5 heteroatoms. The molecule has 2 aromatic carbocycles. The second kappa shape index (κ2) is 11.6. The van der Waals surface area contributed by atoms with Crippen molar-refractivity contribution in [3.05, 3.63) is 65.7 Å². The number of piperidine rings is 1. The van der Waals surface area contributed by atoms with Gasteiger partial charge in [0.1, 0.15) is 5.75 Å². The first-order valence-electron chi connectivity index (χ1n) is 13.2. The molecule has 2 aliphatic rings. The smallest absolute Gasteiger partial charge is 0.222 e. The van der Waals surface area contributed by atoms with Gasteiger partial charge in [-0.15, -0.1) is 0 Å². The van der Waals surface area contributed by atoms with Gasteiger partial charge >= 0.3 is 0 Å². The van der Waals surface area contributed by atoms with E-state index in [2.05, 4.69) is 48.3 Å². The predicted octanol–water partition coefficient (Wildman–Crippen LogP) is 5.02. The highest BCUT2D eigenvalue weighted by atomic mass is 16.5. The summed E-state index contributed by atoms with van der Waals surface area (Å²) in [5.41, 5.74) is 2.46. The van der Waals surface area contributed by atoms with Crippen LogP contribution in [0.3, 0.4) is 0 Å². The lowest BCUT2D eigenvalue weighted by Crippen LogP contribution is -2.61. The van der Waals surface area contributed by atoms with Crippen molar-refractivity contribution in [1.82, 2.24) is 9.80 Å². The van der Waals surface area contributed by atoms with Crippen LogP contribution in [0.1, 0.15) is 56.1 Å². The molecule has 1 saturated heterocycles. The van der Waals surface area contributed by atoms with Crippen molar-refractivity contribution in [2.24, 2.45) is 5.92 Å². The van der Waals surface area contributed by atoms with Crippen molar-refractivity contribution in [2.75, 3.05) is 34.3 Å². The van der Waals surface area contributed by atoms with Gasteiger partial charge in [-0.3, -0.25) is 4.79 Å². The fourth-order valence-electron chi connectivity index (χ4n) is 6.49. The van der Waals surface area contributed by atoms with Crippen molar-refractivity contribution in [1.29, 1.82) is 0 Å². The first-order chi connectivity index (χ1) is 16.9. The summed E-state index contributed by atoms with van der Waals surface area (Å²) in [5.74, 6) is 0.887. The number of carbonyl (C=O) groups is 1. The van der Waals surface area contributed by atoms with Crippen LogP contribution in [0.2, 0.25) is 0 Å². The monoisotopic (exact) mass is 478 g/mol. The van der Waals surface area contributed by atoms with Crippen molar-refractivity contribution in [3.63, 3.8) is 0 Å². The Kier molecular flexibility index (Phi) is 8.51. The zero-order valence-corrected chi connectivity index (χ0v) is 21.7. The number of benzene rings is 2. The van der Waals surface area contributed by atoms with Gasteiger partial charge in [-0.2, -0.15) is 0 Å². The number of methoxy groups -OCH3 is 1. The Morgan fingerprint density at radius 2 is 1.94 bits per heavy atom. The number of carbonyl (C=O) groups excluding carboxylic acids is 1. The average Bonchev–Trinajstić information content (AvgIpc) is 2.88. The molecule has 0 bridgehead atoms. The largest absolute Gasteiger partial charge is 0.508 e. The zero-order valence-electron chi connectivity index (χ0n) is 21.7. The predicted molar refractivity (Wildman–Crippen MR) is 141 cm³/mol. The van der Waals surface area contributed by atoms with Crippen molar-refractivity contribution < 1.29 is 14.6 Å². The molecule has 0 spiro atoms. The van der Waals surface area contributed by atoms with Crippen LogP contribution >= 0.6 is 0 Å². The van der Waals surface area contributed by atoms with Gasteiger partial charge in [-0.25, -0.2) is 0 Å². The minimum absolute atomic E-state index is 0.0833. The molecule has 1 heterocycles. The molecule has 1 aliphatic carbocycles. The second-order valence-electron chi connectivity index (χ2n) is 10.7. The Labute approximate surface area is 211 Å². The maximum atomic E-state index is 13.2. The lowest BCUT2D eigenvalue weighted by atomic mass is 9.56. The van der Waals surface area contributed by atoms with Gasteiger partial charge in [0.05, 0.1) is 6.10 Å². The molecular formula is C30H42N2O3. The van der Waals surface area contributed by atoms with Crippen LogP contribution in [-0.2, 0) is 21.4 Å². The van der Waals surface area contributed by atoms with Crippen LogP contribution in [0.4, 0.5) is 0 Å². The minimum atomic E-state index is -0.0981. The molecule has 2 aromatic rings. The molecule has 1 saturated carbocycles. The molecule has 1 N–H and O–H groups in total. The van der Waals surface area contributed by atoms with Crippen LogP contribution in [0.5, 0.6) is 5.75 Å². The van der Waals surface area contributed by atoms with Gasteiger partial charge in [0.25, 0.3) is 0 Å². The normalized spacial score (nSPS) is 26.8. The SMILES string of the molecule is COC1C[C@H](N(C)C(=O)CCCCCc2ccccc2)C[C@]2(c3cccc(O)c3)CCN(C)C[C@@H]12. The van der Waals surface area contributed by atoms with Gasteiger partial charge in [0.15, 0.2) is 0 Å². The van der Waals surface area contributed by atoms with Crippen LogP contribution in [0.15, 0.2) is 54.6 Å². The molecule has 4 rings (SSSR count). The molecule has 1 unspecified atom stereocenters. The number of ether oxygens (including phenoxy) is 1. The van der Waals surface area contributed by atoms with E-state index in [1.807, 2.05) is 31.2 Å². The van der Waals surface area contributed by atoms with E-state index in [-0.39, 0.29) is 23.5 Å². The van der Waals surface area contributed by atoms with Crippen LogP contribution in [0, 0.1) is 5.92 Å². The standard InChI is InChI=1S/C30H42N2O3/c1-31-18-17-30(24-14-10-15-26(33)19-24)21-25(20-28(35-3)27(30)22-31)32(2)29(34)16-9-5-8-13-23-11-6-4-7-12-23/h4,6-7,10-12,14-15,19,25,27-28,33H,5,8-9,13,16-18,20-22H2,1-3H3/t25-,27-,28?,30-/m0/s1. The Balaban J connectivity index is 1.42. The second-order valence-corrected chi connectivity index (χ2v) is 10.7. The number of phenols is 1. The third-order valence-electron chi connectivity index (χ3n) is 8.57. The summed E-state index contributed by atoms with van der Waals surface area (Å²) in [6, 6.07) is 18.5. The number of rotatable bonds is 9. The van der Waals surface area contributed by atoms with Crippen LogP contribution in [0.25, 0.3) is 0 Å². The van der Waals surface area contributed by atoms with E-state index in [4.69, 9.17) is 4.74 Å². The molecule has 1 aliphatic heterocycles. The first-order valence-corrected chi connectivity index (χ1v) is 13.2. The maximum absolute atomic E-state index is 13.2. The van der Waals surface area contributed by atoms with Crippen molar-refractivity contribution >= 4 is 5.91 Å². The highest BCUT2D eigenvalue weighted by Gasteiger charge is 2.53. The highest BCUT2D eigenvalue weighted by Crippen LogP contribution is 2.51. The third kappa shape index (κ3) is 5.90. The number of phenolic OH excluding ortho intramolecular Hbond substituents is 1. The Morgan fingerprint density at radius 3 is 2.69 bits per heavy atom. The minimum Gasteiger partial charge on any atom is -0.508 e. The molecule has 35 heavy (non-hydrogen) atoms. The van der Waals surface area contributed by atoms with E-state index in [1.54, 1.807) is 6.07 Å². The number of amides is 1. The lowest BCUT2D eigenvalue weighted by molar-refractivity contribution is -0.137. The van der Waals surface area contributed by atoms with E-state index < -0.39 is 0 Å². The molecule has 0 radical (unpaired) electrons. The summed E-state index contributed by atoms with van der Waals surface area (Å²) in [6.45, 7) is 1.98. The maximum Gasteiger partial charge on any atom is 0.222 e. The number of unbranched alkanes of at least 4 members (excludes halogenated alkanes) is 2. The number of likely N-dealkylation sites (tertiary alicyclic amines) is 1. The molecule has 190 valence electrons. The van der Waals surface area contributed by atoms with E-state index in [1.165, 1.54) is 11.1 Å². The molecule has 4 atom stereocenters. The fraction of sp³-hybridized carbons (Fsp3) is 0.567. The number of aryl methyl sites for hydroxylation is 1. The summed E-state index contributed by atoms with van der Waals surface area (Å²) in [4.78, 5) is 17.6. The van der Waals surface area contributed by atoms with E-state index in [0.717, 1.165) is 58.0 Å². The third-order valence-corrected chi connectivity index (χ3v) is 8.57. The number of aromatic hydroxyl groups is 1. The zero-order chi connectivity index (χ0) is 24.8. The number of nitrogens with zero attached hydrogens (tertiary/aromatic N) is 2. The number of fused-ring (bicyclic) bond motifs is 1. The topological polar surface area (TPSA) is 53.0 Å². The first kappa shape index (κ1) is 25.7. The highest BCUT2D eigenvalue weighted by molar-refractivity contribution is 5.76. The summed E-state index contributed by atoms with van der Waals surface area (Å²) < 4.78 is 6.07. The Morgan fingerprint density at radius 1 is 1.14 bits per heavy atom.